The predicted octanol–water partition coefficient (Wildman–Crippen LogP) is 4.06. The van der Waals surface area contributed by atoms with Crippen molar-refractivity contribution >= 4 is 40.6 Å². The highest BCUT2D eigenvalue weighted by atomic mass is 35.6. The highest BCUT2D eigenvalue weighted by Gasteiger charge is 2.19. The highest BCUT2D eigenvalue weighted by Crippen LogP contribution is 2.33. The zero-order valence-electron chi connectivity index (χ0n) is 7.74. The van der Waals surface area contributed by atoms with Crippen molar-refractivity contribution in [3.05, 3.63) is 11.6 Å². The number of ketones is 1. The fourth-order valence-electron chi connectivity index (χ4n) is 0.910. The summed E-state index contributed by atoms with van der Waals surface area (Å²) in [7, 11) is 0. The minimum Gasteiger partial charge on any atom is -0.300 e. The molecular formula is C9H13Cl3O. The number of hydrogen-bond acceptors (Lipinski definition) is 1. The molecule has 0 aromatic heterocycles. The summed E-state index contributed by atoms with van der Waals surface area (Å²) in [4.78, 5) is 10.6. The van der Waals surface area contributed by atoms with Crippen LogP contribution < -0.4 is 0 Å². The first kappa shape index (κ1) is 13.3. The Kier molecular flexibility index (Phi) is 6.02. The minimum atomic E-state index is -1.23. The number of carbonyl (C=O) groups excluding carboxylic acids is 1. The smallest absolute Gasteiger partial charge is 0.194 e. The Bertz CT molecular complexity index is 203. The maximum atomic E-state index is 10.6. The van der Waals surface area contributed by atoms with Gasteiger partial charge >= 0.3 is 0 Å². The summed E-state index contributed by atoms with van der Waals surface area (Å²) < 4.78 is -1.23. The van der Waals surface area contributed by atoms with Crippen LogP contribution in [0.3, 0.4) is 0 Å². The van der Waals surface area contributed by atoms with Crippen molar-refractivity contribution < 1.29 is 4.79 Å². The molecule has 0 aliphatic heterocycles. The molecule has 4 heteroatoms. The Morgan fingerprint density at radius 1 is 1.31 bits per heavy atom. The summed E-state index contributed by atoms with van der Waals surface area (Å²) in [6.45, 7) is 3.46. The molecule has 0 rings (SSSR count). The summed E-state index contributed by atoms with van der Waals surface area (Å²) in [5, 5.41) is 0. The van der Waals surface area contributed by atoms with Crippen molar-refractivity contribution in [2.45, 2.75) is 36.9 Å². The van der Waals surface area contributed by atoms with Crippen LogP contribution in [-0.2, 0) is 4.79 Å². The third-order valence-electron chi connectivity index (χ3n) is 1.47. The van der Waals surface area contributed by atoms with Crippen LogP contribution in [0.5, 0.6) is 0 Å². The Labute approximate surface area is 94.0 Å². The van der Waals surface area contributed by atoms with Crippen LogP contribution in [0.4, 0.5) is 0 Å². The first-order chi connectivity index (χ1) is 5.81. The molecule has 0 aromatic carbocycles. The van der Waals surface area contributed by atoms with Crippen molar-refractivity contribution in [3.63, 3.8) is 0 Å². The van der Waals surface area contributed by atoms with E-state index in [9.17, 15) is 4.79 Å². The van der Waals surface area contributed by atoms with E-state index in [1.165, 1.54) is 0 Å². The van der Waals surface area contributed by atoms with Crippen molar-refractivity contribution in [2.75, 3.05) is 0 Å². The van der Waals surface area contributed by atoms with Gasteiger partial charge in [0.05, 0.1) is 0 Å². The molecule has 0 bridgehead atoms. The Balaban J connectivity index is 3.83. The predicted molar refractivity (Wildman–Crippen MR) is 58.6 cm³/mol. The lowest BCUT2D eigenvalue weighted by molar-refractivity contribution is -0.116. The van der Waals surface area contributed by atoms with Gasteiger partial charge in [0.2, 0.25) is 0 Å². The lowest BCUT2D eigenvalue weighted by Gasteiger charge is -2.10. The quantitative estimate of drug-likeness (QED) is 0.537. The summed E-state index contributed by atoms with van der Waals surface area (Å²) in [6, 6.07) is 0. The number of carbonyl (C=O) groups is 1. The molecule has 0 atom stereocenters. The van der Waals surface area contributed by atoms with E-state index in [0.29, 0.717) is 12.8 Å². The SMILES string of the molecule is CC(=O)CCC=C(C)CC(Cl)(Cl)Cl. The standard InChI is InChI=1S/C9H13Cl3O/c1-7(6-9(10,11)12)4-3-5-8(2)13/h4H,3,5-6H2,1-2H3. The summed E-state index contributed by atoms with van der Waals surface area (Å²) >= 11 is 16.8. The van der Waals surface area contributed by atoms with Crippen LogP contribution in [0.15, 0.2) is 11.6 Å². The molecular weight excluding hydrogens is 230 g/mol. The highest BCUT2D eigenvalue weighted by molar-refractivity contribution is 6.67. The molecule has 0 aromatic rings. The van der Waals surface area contributed by atoms with E-state index in [1.54, 1.807) is 6.92 Å². The zero-order chi connectivity index (χ0) is 10.5. The van der Waals surface area contributed by atoms with E-state index in [2.05, 4.69) is 0 Å². The van der Waals surface area contributed by atoms with E-state index in [1.807, 2.05) is 13.0 Å². The van der Waals surface area contributed by atoms with E-state index in [4.69, 9.17) is 34.8 Å². The van der Waals surface area contributed by atoms with Crippen molar-refractivity contribution in [1.29, 1.82) is 0 Å². The molecule has 0 aliphatic rings. The molecule has 76 valence electrons. The van der Waals surface area contributed by atoms with Gasteiger partial charge in [-0.05, 0) is 20.3 Å². The number of hydrogen-bond donors (Lipinski definition) is 0. The molecule has 1 nitrogen and oxygen atoms in total. The number of Topliss-reactive ketones (excluding diaryl/α,β-unsaturated/α-hetero) is 1. The van der Waals surface area contributed by atoms with Crippen LogP contribution in [0.25, 0.3) is 0 Å². The van der Waals surface area contributed by atoms with Gasteiger partial charge in [0.15, 0.2) is 3.79 Å². The number of allylic oxidation sites excluding steroid dienone is 2. The Morgan fingerprint density at radius 3 is 2.23 bits per heavy atom. The molecule has 13 heavy (non-hydrogen) atoms. The monoisotopic (exact) mass is 242 g/mol. The third kappa shape index (κ3) is 10.2. The average Bonchev–Trinajstić information content (AvgIpc) is 1.81. The maximum absolute atomic E-state index is 10.6. The van der Waals surface area contributed by atoms with Gasteiger partial charge in [-0.25, -0.2) is 0 Å². The van der Waals surface area contributed by atoms with Crippen molar-refractivity contribution in [3.8, 4) is 0 Å². The van der Waals surface area contributed by atoms with E-state index in [0.717, 1.165) is 12.0 Å². The summed E-state index contributed by atoms with van der Waals surface area (Å²) in [5.74, 6) is 0.179. The molecule has 0 saturated carbocycles. The van der Waals surface area contributed by atoms with Crippen LogP contribution in [0.2, 0.25) is 0 Å². The van der Waals surface area contributed by atoms with Gasteiger partial charge in [-0.15, -0.1) is 0 Å². The maximum Gasteiger partial charge on any atom is 0.194 e. The van der Waals surface area contributed by atoms with Gasteiger partial charge < -0.3 is 4.79 Å². The van der Waals surface area contributed by atoms with Crippen LogP contribution >= 0.6 is 34.8 Å². The number of halogens is 3. The second-order valence-corrected chi connectivity index (χ2v) is 5.60. The largest absolute Gasteiger partial charge is 0.300 e. The van der Waals surface area contributed by atoms with Crippen molar-refractivity contribution in [2.24, 2.45) is 0 Å². The zero-order valence-corrected chi connectivity index (χ0v) is 10.0. The molecule has 0 aliphatic carbocycles. The summed E-state index contributed by atoms with van der Waals surface area (Å²) in [6.07, 6.45) is 3.62. The molecule has 0 saturated heterocycles. The van der Waals surface area contributed by atoms with Gasteiger partial charge in [0, 0.05) is 12.8 Å². The van der Waals surface area contributed by atoms with Gasteiger partial charge in [-0.1, -0.05) is 46.5 Å². The molecule has 0 amide bonds. The number of alkyl halides is 3. The second-order valence-electron chi connectivity index (χ2n) is 3.08. The lowest BCUT2D eigenvalue weighted by Crippen LogP contribution is -2.02. The van der Waals surface area contributed by atoms with Gasteiger partial charge in [-0.3, -0.25) is 0 Å². The molecule has 0 N–H and O–H groups in total. The van der Waals surface area contributed by atoms with Gasteiger partial charge in [-0.2, -0.15) is 0 Å². The first-order valence-corrected chi connectivity index (χ1v) is 5.16. The Morgan fingerprint density at radius 2 is 1.85 bits per heavy atom. The molecule has 0 heterocycles. The van der Waals surface area contributed by atoms with Crippen LogP contribution in [0, 0.1) is 0 Å². The van der Waals surface area contributed by atoms with Crippen molar-refractivity contribution in [1.82, 2.24) is 0 Å². The third-order valence-corrected chi connectivity index (χ3v) is 1.87. The fraction of sp³-hybridized carbons (Fsp3) is 0.667. The summed E-state index contributed by atoms with van der Waals surface area (Å²) in [5.41, 5.74) is 1.00. The molecule has 0 radical (unpaired) electrons. The minimum absolute atomic E-state index is 0.179. The van der Waals surface area contributed by atoms with Crippen LogP contribution in [-0.4, -0.2) is 9.58 Å². The molecule has 0 unspecified atom stereocenters. The molecule has 0 fully saturated rings. The fourth-order valence-corrected chi connectivity index (χ4v) is 1.54. The van der Waals surface area contributed by atoms with E-state index >= 15 is 0 Å². The lowest BCUT2D eigenvalue weighted by atomic mass is 10.1. The van der Waals surface area contributed by atoms with Gasteiger partial charge in [0.1, 0.15) is 5.78 Å². The number of rotatable bonds is 4. The van der Waals surface area contributed by atoms with E-state index in [-0.39, 0.29) is 5.78 Å². The molecule has 0 spiro atoms. The Hall–Kier alpha value is 0.280. The first-order valence-electron chi connectivity index (χ1n) is 4.03. The normalized spacial score (nSPS) is 13.2. The second kappa shape index (κ2) is 5.90. The van der Waals surface area contributed by atoms with E-state index < -0.39 is 3.79 Å². The van der Waals surface area contributed by atoms with Gasteiger partial charge in [0.25, 0.3) is 0 Å². The van der Waals surface area contributed by atoms with Crippen LogP contribution in [0.1, 0.15) is 33.1 Å². The average molecular weight is 244 g/mol. The topological polar surface area (TPSA) is 17.1 Å².